The molecule has 138 valence electrons. The summed E-state index contributed by atoms with van der Waals surface area (Å²) in [6, 6.07) is 0. The van der Waals surface area contributed by atoms with Gasteiger partial charge in [0.15, 0.2) is 5.96 Å². The third-order valence-corrected chi connectivity index (χ3v) is 5.61. The number of guanidine groups is 1. The Labute approximate surface area is 162 Å². The third-order valence-electron chi connectivity index (χ3n) is 3.31. The first-order chi connectivity index (χ1) is 10.2. The van der Waals surface area contributed by atoms with Crippen LogP contribution in [0.2, 0.25) is 0 Å². The topological polar surface area (TPSA) is 73.8 Å². The lowest BCUT2D eigenvalue weighted by atomic mass is 10.1. The summed E-state index contributed by atoms with van der Waals surface area (Å²) in [5, 5.41) is 3.96. The summed E-state index contributed by atoms with van der Waals surface area (Å²) < 4.78 is 25.5. The number of sulfonamides is 1. The van der Waals surface area contributed by atoms with Crippen LogP contribution >= 0.6 is 35.7 Å². The zero-order valence-electron chi connectivity index (χ0n) is 14.8. The molecule has 0 aromatic heterocycles. The van der Waals surface area contributed by atoms with E-state index in [1.165, 1.54) is 6.26 Å². The van der Waals surface area contributed by atoms with Crippen LogP contribution in [0.1, 0.15) is 34.1 Å². The quantitative estimate of drug-likeness (QED) is 0.346. The Balaban J connectivity index is 0.00000484. The molecule has 9 heteroatoms. The minimum absolute atomic E-state index is 0. The van der Waals surface area contributed by atoms with E-state index in [2.05, 4.69) is 26.9 Å². The molecule has 1 unspecified atom stereocenters. The molecular weight excluding hydrogens is 447 g/mol. The second-order valence-corrected chi connectivity index (χ2v) is 9.43. The van der Waals surface area contributed by atoms with E-state index in [0.29, 0.717) is 11.8 Å². The molecule has 1 atom stereocenters. The number of thioether (sulfide) groups is 1. The van der Waals surface area contributed by atoms with Gasteiger partial charge in [0.05, 0.1) is 12.8 Å². The SMILES string of the molecule is CCNC(=NCC(C)(C)NS(C)(=O)=O)N1CCSC(CC)C1.I. The molecule has 6 nitrogen and oxygen atoms in total. The zero-order valence-corrected chi connectivity index (χ0v) is 18.7. The lowest BCUT2D eigenvalue weighted by molar-refractivity contribution is 0.401. The van der Waals surface area contributed by atoms with Crippen LogP contribution in [0.5, 0.6) is 0 Å². The largest absolute Gasteiger partial charge is 0.357 e. The summed E-state index contributed by atoms with van der Waals surface area (Å²) in [6.07, 6.45) is 2.33. The average Bonchev–Trinajstić information content (AvgIpc) is 2.41. The fourth-order valence-electron chi connectivity index (χ4n) is 2.39. The van der Waals surface area contributed by atoms with Gasteiger partial charge in [0.2, 0.25) is 10.0 Å². The van der Waals surface area contributed by atoms with Crippen LogP contribution in [-0.2, 0) is 10.0 Å². The number of halogens is 1. The molecule has 0 aromatic rings. The van der Waals surface area contributed by atoms with E-state index in [9.17, 15) is 8.42 Å². The molecule has 0 saturated carbocycles. The van der Waals surface area contributed by atoms with E-state index < -0.39 is 15.6 Å². The first-order valence-corrected chi connectivity index (χ1v) is 10.7. The molecule has 1 saturated heterocycles. The van der Waals surface area contributed by atoms with E-state index in [-0.39, 0.29) is 24.0 Å². The molecule has 1 aliphatic heterocycles. The number of hydrogen-bond acceptors (Lipinski definition) is 4. The fraction of sp³-hybridized carbons (Fsp3) is 0.929. The van der Waals surface area contributed by atoms with E-state index in [0.717, 1.165) is 37.8 Å². The Morgan fingerprint density at radius 2 is 2.04 bits per heavy atom. The van der Waals surface area contributed by atoms with Gasteiger partial charge in [-0.2, -0.15) is 11.8 Å². The first-order valence-electron chi connectivity index (χ1n) is 7.80. The van der Waals surface area contributed by atoms with Crippen LogP contribution in [0, 0.1) is 0 Å². The summed E-state index contributed by atoms with van der Waals surface area (Å²) >= 11 is 2.02. The third kappa shape index (κ3) is 9.35. The molecule has 0 aliphatic carbocycles. The van der Waals surface area contributed by atoms with E-state index in [4.69, 9.17) is 0 Å². The van der Waals surface area contributed by atoms with Crippen LogP contribution in [0.3, 0.4) is 0 Å². The van der Waals surface area contributed by atoms with Crippen LogP contribution in [-0.4, -0.2) is 68.3 Å². The van der Waals surface area contributed by atoms with Gasteiger partial charge in [0.25, 0.3) is 0 Å². The number of aliphatic imine (C=N–C) groups is 1. The van der Waals surface area contributed by atoms with E-state index in [1.54, 1.807) is 0 Å². The van der Waals surface area contributed by atoms with Crippen molar-refractivity contribution < 1.29 is 8.42 Å². The highest BCUT2D eigenvalue weighted by Crippen LogP contribution is 2.21. The van der Waals surface area contributed by atoms with Crippen molar-refractivity contribution in [1.29, 1.82) is 0 Å². The summed E-state index contributed by atoms with van der Waals surface area (Å²) in [5.41, 5.74) is -0.594. The molecule has 1 fully saturated rings. The van der Waals surface area contributed by atoms with Crippen LogP contribution < -0.4 is 10.0 Å². The number of hydrogen-bond donors (Lipinski definition) is 2. The van der Waals surface area contributed by atoms with Crippen molar-refractivity contribution in [3.63, 3.8) is 0 Å². The molecule has 0 aromatic carbocycles. The first kappa shape index (κ1) is 23.3. The predicted molar refractivity (Wildman–Crippen MR) is 112 cm³/mol. The maximum atomic E-state index is 11.4. The monoisotopic (exact) mass is 478 g/mol. The molecule has 1 aliphatic rings. The molecule has 2 N–H and O–H groups in total. The Morgan fingerprint density at radius 3 is 2.57 bits per heavy atom. The lowest BCUT2D eigenvalue weighted by Gasteiger charge is -2.35. The van der Waals surface area contributed by atoms with Gasteiger partial charge in [-0.15, -0.1) is 24.0 Å². The Morgan fingerprint density at radius 1 is 1.39 bits per heavy atom. The van der Waals surface area contributed by atoms with Crippen molar-refractivity contribution in [2.24, 2.45) is 4.99 Å². The molecule has 0 radical (unpaired) electrons. The van der Waals surface area contributed by atoms with Crippen molar-refractivity contribution in [2.75, 3.05) is 38.2 Å². The van der Waals surface area contributed by atoms with Gasteiger partial charge in [0, 0.05) is 36.2 Å². The second kappa shape index (κ2) is 10.3. The molecule has 1 rings (SSSR count). The van der Waals surface area contributed by atoms with Crippen molar-refractivity contribution in [2.45, 2.75) is 44.9 Å². The maximum Gasteiger partial charge on any atom is 0.209 e. The smallest absolute Gasteiger partial charge is 0.209 e. The van der Waals surface area contributed by atoms with Crippen LogP contribution in [0.25, 0.3) is 0 Å². The fourth-order valence-corrected chi connectivity index (χ4v) is 4.64. The van der Waals surface area contributed by atoms with Crippen LogP contribution in [0.4, 0.5) is 0 Å². The maximum absolute atomic E-state index is 11.4. The molecule has 0 bridgehead atoms. The standard InChI is InChI=1S/C14H30N4O2S2.HI/c1-6-12-10-18(8-9-21-12)13(15-7-2)16-11-14(3,4)17-22(5,19)20;/h12,17H,6-11H2,1-5H3,(H,15,16);1H. The molecule has 1 heterocycles. The Hall–Kier alpha value is 0.260. The number of rotatable bonds is 6. The van der Waals surface area contributed by atoms with E-state index in [1.807, 2.05) is 32.5 Å². The van der Waals surface area contributed by atoms with Gasteiger partial charge in [-0.1, -0.05) is 6.92 Å². The van der Waals surface area contributed by atoms with E-state index >= 15 is 0 Å². The summed E-state index contributed by atoms with van der Waals surface area (Å²) in [6.45, 7) is 11.1. The van der Waals surface area contributed by atoms with Gasteiger partial charge >= 0.3 is 0 Å². The van der Waals surface area contributed by atoms with Gasteiger partial charge in [0.1, 0.15) is 0 Å². The molecule has 0 amide bonds. The van der Waals surface area contributed by atoms with Gasteiger partial charge in [-0.05, 0) is 27.2 Å². The highest BCUT2D eigenvalue weighted by Gasteiger charge is 2.24. The molecule has 0 spiro atoms. The summed E-state index contributed by atoms with van der Waals surface area (Å²) in [7, 11) is -3.24. The normalized spacial score (nSPS) is 20.1. The average molecular weight is 478 g/mol. The minimum atomic E-state index is -3.24. The second-order valence-electron chi connectivity index (χ2n) is 6.28. The van der Waals surface area contributed by atoms with Gasteiger partial charge in [-0.25, -0.2) is 13.1 Å². The van der Waals surface area contributed by atoms with Gasteiger partial charge in [-0.3, -0.25) is 4.99 Å². The highest BCUT2D eigenvalue weighted by molar-refractivity contribution is 14.0. The van der Waals surface area contributed by atoms with Crippen molar-refractivity contribution in [1.82, 2.24) is 14.9 Å². The number of nitrogens with one attached hydrogen (secondary N) is 2. The van der Waals surface area contributed by atoms with Crippen LogP contribution in [0.15, 0.2) is 4.99 Å². The zero-order chi connectivity index (χ0) is 16.8. The highest BCUT2D eigenvalue weighted by atomic mass is 127. The van der Waals surface area contributed by atoms with Crippen molar-refractivity contribution in [3.8, 4) is 0 Å². The molecular formula is C14H31IN4O2S2. The van der Waals surface area contributed by atoms with Gasteiger partial charge < -0.3 is 10.2 Å². The molecule has 23 heavy (non-hydrogen) atoms. The summed E-state index contributed by atoms with van der Waals surface area (Å²) in [4.78, 5) is 6.94. The van der Waals surface area contributed by atoms with Crippen molar-refractivity contribution >= 4 is 51.7 Å². The Kier molecular flexibility index (Phi) is 10.4. The summed E-state index contributed by atoms with van der Waals surface area (Å²) in [5.74, 6) is 1.98. The predicted octanol–water partition coefficient (Wildman–Crippen LogP) is 1.73. The lowest BCUT2D eigenvalue weighted by Crippen LogP contribution is -2.50. The minimum Gasteiger partial charge on any atom is -0.357 e. The van der Waals surface area contributed by atoms with Crippen molar-refractivity contribution in [3.05, 3.63) is 0 Å². The number of nitrogens with zero attached hydrogens (tertiary/aromatic N) is 2. The Bertz CT molecular complexity index is 483.